The molecule has 7 nitrogen and oxygen atoms in total. The van der Waals surface area contributed by atoms with Crippen LogP contribution in [0.1, 0.15) is 5.76 Å². The molecule has 0 aliphatic rings. The smallest absolute Gasteiger partial charge is 0.270 e. The molecule has 1 heterocycles. The molecule has 2 aromatic carbocycles. The molecule has 0 aliphatic carbocycles. The maximum atomic E-state index is 12.4. The first-order valence-corrected chi connectivity index (χ1v) is 9.75. The molecule has 0 spiro atoms. The summed E-state index contributed by atoms with van der Waals surface area (Å²) in [5.41, 5.74) is 0.612. The summed E-state index contributed by atoms with van der Waals surface area (Å²) in [6.45, 7) is 0. The Balaban J connectivity index is 1.81. The zero-order chi connectivity index (χ0) is 21.8. The average molecular weight is 507 g/mol. The van der Waals surface area contributed by atoms with Gasteiger partial charge in [-0.05, 0) is 52.3 Å². The van der Waals surface area contributed by atoms with Crippen LogP contribution in [-0.4, -0.2) is 10.8 Å². The van der Waals surface area contributed by atoms with Gasteiger partial charge >= 0.3 is 0 Å². The number of nitro benzene ring substituents is 1. The minimum Gasteiger partial charge on any atom is -0.457 e. The van der Waals surface area contributed by atoms with Crippen LogP contribution in [0.3, 0.4) is 0 Å². The Morgan fingerprint density at radius 2 is 1.93 bits per heavy atom. The third-order valence-corrected chi connectivity index (χ3v) is 5.29. The standard InChI is InChI=1S/C20H10BrCl2N3O4/c21-15-9-13(26(28)29)2-5-18(15)25-20(27)12(10-24)7-14-3-6-19(30-14)11-1-4-16(22)17(23)8-11/h1-9H,(H,25,27)/b12-7+. The molecule has 30 heavy (non-hydrogen) atoms. The first-order chi connectivity index (χ1) is 14.3. The largest absolute Gasteiger partial charge is 0.457 e. The van der Waals surface area contributed by atoms with Crippen molar-refractivity contribution >= 4 is 62.5 Å². The van der Waals surface area contributed by atoms with Gasteiger partial charge in [0.05, 0.1) is 20.7 Å². The van der Waals surface area contributed by atoms with Crippen molar-refractivity contribution < 1.29 is 14.1 Å². The normalized spacial score (nSPS) is 11.1. The molecular formula is C20H10BrCl2N3O4. The van der Waals surface area contributed by atoms with Crippen LogP contribution >= 0.6 is 39.1 Å². The summed E-state index contributed by atoms with van der Waals surface area (Å²) in [6, 6.07) is 13.9. The summed E-state index contributed by atoms with van der Waals surface area (Å²) in [7, 11) is 0. The predicted molar refractivity (Wildman–Crippen MR) is 117 cm³/mol. The molecule has 10 heteroatoms. The second-order valence-electron chi connectivity index (χ2n) is 5.88. The molecule has 0 atom stereocenters. The van der Waals surface area contributed by atoms with Crippen molar-refractivity contribution in [3.8, 4) is 17.4 Å². The molecule has 0 saturated heterocycles. The van der Waals surface area contributed by atoms with Gasteiger partial charge in [-0.15, -0.1) is 0 Å². The van der Waals surface area contributed by atoms with E-state index in [2.05, 4.69) is 21.2 Å². The molecule has 0 radical (unpaired) electrons. The van der Waals surface area contributed by atoms with E-state index in [0.29, 0.717) is 25.8 Å². The number of rotatable bonds is 5. The van der Waals surface area contributed by atoms with Crippen molar-refractivity contribution in [1.82, 2.24) is 0 Å². The summed E-state index contributed by atoms with van der Waals surface area (Å²) in [4.78, 5) is 22.7. The SMILES string of the molecule is N#C/C(=C\c1ccc(-c2ccc(Cl)c(Cl)c2)o1)C(=O)Nc1ccc([N+](=O)[O-])cc1Br. The molecular weight excluding hydrogens is 497 g/mol. The number of furan rings is 1. The molecule has 1 N–H and O–H groups in total. The molecule has 150 valence electrons. The summed E-state index contributed by atoms with van der Waals surface area (Å²) in [5, 5.41) is 23.5. The van der Waals surface area contributed by atoms with Gasteiger partial charge < -0.3 is 9.73 Å². The molecule has 1 aromatic heterocycles. The number of carbonyl (C=O) groups is 1. The second kappa shape index (κ2) is 9.13. The Kier molecular flexibility index (Phi) is 6.57. The fraction of sp³-hybridized carbons (Fsp3) is 0. The molecule has 0 fully saturated rings. The van der Waals surface area contributed by atoms with E-state index in [1.165, 1.54) is 24.3 Å². The monoisotopic (exact) mass is 505 g/mol. The third kappa shape index (κ3) is 4.89. The van der Waals surface area contributed by atoms with Crippen LogP contribution in [0.2, 0.25) is 10.0 Å². The minimum atomic E-state index is -0.695. The number of nitrogens with zero attached hydrogens (tertiary/aromatic N) is 2. The Morgan fingerprint density at radius 3 is 2.57 bits per heavy atom. The molecule has 3 aromatic rings. The average Bonchev–Trinajstić information content (AvgIpc) is 3.18. The van der Waals surface area contributed by atoms with Gasteiger partial charge in [-0.3, -0.25) is 14.9 Å². The molecule has 3 rings (SSSR count). The zero-order valence-corrected chi connectivity index (χ0v) is 18.0. The number of halogens is 3. The second-order valence-corrected chi connectivity index (χ2v) is 7.54. The maximum Gasteiger partial charge on any atom is 0.270 e. The highest BCUT2D eigenvalue weighted by Crippen LogP contribution is 2.30. The highest BCUT2D eigenvalue weighted by Gasteiger charge is 2.15. The number of nitriles is 1. The third-order valence-electron chi connectivity index (χ3n) is 3.89. The highest BCUT2D eigenvalue weighted by atomic mass is 79.9. The van der Waals surface area contributed by atoms with Gasteiger partial charge in [0.25, 0.3) is 11.6 Å². The van der Waals surface area contributed by atoms with Crippen molar-refractivity contribution in [3.05, 3.63) is 84.5 Å². The van der Waals surface area contributed by atoms with Gasteiger partial charge in [-0.2, -0.15) is 5.26 Å². The summed E-state index contributed by atoms with van der Waals surface area (Å²) < 4.78 is 5.98. The van der Waals surface area contributed by atoms with Crippen LogP contribution in [0, 0.1) is 21.4 Å². The van der Waals surface area contributed by atoms with Crippen LogP contribution < -0.4 is 5.32 Å². The van der Waals surface area contributed by atoms with E-state index in [1.807, 2.05) is 6.07 Å². The van der Waals surface area contributed by atoms with E-state index >= 15 is 0 Å². The van der Waals surface area contributed by atoms with E-state index in [1.54, 1.807) is 30.3 Å². The van der Waals surface area contributed by atoms with Gasteiger partial charge in [-0.1, -0.05) is 23.2 Å². The molecule has 0 aliphatic heterocycles. The minimum absolute atomic E-state index is 0.138. The molecule has 1 amide bonds. The summed E-state index contributed by atoms with van der Waals surface area (Å²) >= 11 is 15.1. The van der Waals surface area contributed by atoms with Gasteiger partial charge in [0.15, 0.2) is 0 Å². The van der Waals surface area contributed by atoms with Gasteiger partial charge in [0.1, 0.15) is 23.2 Å². The van der Waals surface area contributed by atoms with Crippen molar-refractivity contribution in [3.63, 3.8) is 0 Å². The van der Waals surface area contributed by atoms with Crippen molar-refractivity contribution in [2.75, 3.05) is 5.32 Å². The summed E-state index contributed by atoms with van der Waals surface area (Å²) in [6.07, 6.45) is 1.29. The van der Waals surface area contributed by atoms with Crippen LogP contribution in [0.15, 0.2) is 63.0 Å². The number of carbonyl (C=O) groups excluding carboxylic acids is 1. The van der Waals surface area contributed by atoms with Crippen LogP contribution in [-0.2, 0) is 4.79 Å². The highest BCUT2D eigenvalue weighted by molar-refractivity contribution is 9.10. The molecule has 0 bridgehead atoms. The van der Waals surface area contributed by atoms with Crippen molar-refractivity contribution in [1.29, 1.82) is 5.26 Å². The number of nitrogens with one attached hydrogen (secondary N) is 1. The number of hydrogen-bond donors (Lipinski definition) is 1. The van der Waals surface area contributed by atoms with E-state index in [4.69, 9.17) is 27.6 Å². The summed E-state index contributed by atoms with van der Waals surface area (Å²) in [5.74, 6) is 0.0701. The first kappa shape index (κ1) is 21.6. The van der Waals surface area contributed by atoms with Crippen molar-refractivity contribution in [2.24, 2.45) is 0 Å². The van der Waals surface area contributed by atoms with Crippen LogP contribution in [0.4, 0.5) is 11.4 Å². The first-order valence-electron chi connectivity index (χ1n) is 8.21. The van der Waals surface area contributed by atoms with Crippen molar-refractivity contribution in [2.45, 2.75) is 0 Å². The maximum absolute atomic E-state index is 12.4. The predicted octanol–water partition coefficient (Wildman–Crippen LogP) is 6.47. The molecule has 0 unspecified atom stereocenters. The van der Waals surface area contributed by atoms with E-state index in [0.717, 1.165) is 0 Å². The Hall–Kier alpha value is -3.12. The number of anilines is 1. The quantitative estimate of drug-likeness (QED) is 0.184. The zero-order valence-electron chi connectivity index (χ0n) is 14.9. The fourth-order valence-electron chi connectivity index (χ4n) is 2.43. The van der Waals surface area contributed by atoms with E-state index in [9.17, 15) is 20.2 Å². The number of hydrogen-bond acceptors (Lipinski definition) is 5. The van der Waals surface area contributed by atoms with Gasteiger partial charge in [0, 0.05) is 28.2 Å². The number of benzene rings is 2. The Labute approximate surface area is 188 Å². The number of amides is 1. The van der Waals surface area contributed by atoms with E-state index in [-0.39, 0.29) is 22.7 Å². The Morgan fingerprint density at radius 1 is 1.17 bits per heavy atom. The lowest BCUT2D eigenvalue weighted by atomic mass is 10.2. The van der Waals surface area contributed by atoms with Crippen LogP contribution in [0.25, 0.3) is 17.4 Å². The fourth-order valence-corrected chi connectivity index (χ4v) is 3.20. The lowest BCUT2D eigenvalue weighted by Crippen LogP contribution is -2.13. The number of nitro groups is 1. The van der Waals surface area contributed by atoms with Gasteiger partial charge in [0.2, 0.25) is 0 Å². The lowest BCUT2D eigenvalue weighted by Gasteiger charge is -2.06. The van der Waals surface area contributed by atoms with Gasteiger partial charge in [-0.25, -0.2) is 0 Å². The van der Waals surface area contributed by atoms with Crippen LogP contribution in [0.5, 0.6) is 0 Å². The Bertz CT molecular complexity index is 1230. The topological polar surface area (TPSA) is 109 Å². The molecule has 0 saturated carbocycles. The van der Waals surface area contributed by atoms with E-state index < -0.39 is 10.8 Å². The number of non-ortho nitro benzene ring substituents is 1. The lowest BCUT2D eigenvalue weighted by molar-refractivity contribution is -0.384.